The molecule has 2 aromatic rings. The van der Waals surface area contributed by atoms with Crippen molar-refractivity contribution in [3.05, 3.63) is 64.0 Å². The number of ether oxygens (including phenoxy) is 1. The minimum atomic E-state index is -3.89. The maximum atomic E-state index is 12.6. The van der Waals surface area contributed by atoms with Crippen molar-refractivity contribution < 1.29 is 13.2 Å². The molecule has 136 valence electrons. The van der Waals surface area contributed by atoms with Crippen molar-refractivity contribution in [2.24, 2.45) is 0 Å². The molecule has 0 spiro atoms. The minimum Gasteiger partial charge on any atom is -0.494 e. The van der Waals surface area contributed by atoms with Crippen molar-refractivity contribution in [1.29, 1.82) is 5.26 Å². The van der Waals surface area contributed by atoms with Gasteiger partial charge in [0.05, 0.1) is 11.5 Å². The van der Waals surface area contributed by atoms with Gasteiger partial charge in [-0.15, -0.1) is 0 Å². The van der Waals surface area contributed by atoms with Gasteiger partial charge in [0.15, 0.2) is 0 Å². The number of rotatable bonds is 8. The van der Waals surface area contributed by atoms with Crippen LogP contribution >= 0.6 is 11.6 Å². The molecule has 6 heteroatoms. The number of benzene rings is 2. The summed E-state index contributed by atoms with van der Waals surface area (Å²) in [5.74, 6) is 0.720. The largest absolute Gasteiger partial charge is 0.494 e. The summed E-state index contributed by atoms with van der Waals surface area (Å²) in [4.78, 5) is -0.290. The van der Waals surface area contributed by atoms with Crippen LogP contribution in [-0.4, -0.2) is 15.0 Å². The fraction of sp³-hybridized carbons (Fsp3) is 0.250. The molecular weight excluding hydrogens is 370 g/mol. The van der Waals surface area contributed by atoms with Crippen LogP contribution in [0, 0.1) is 11.3 Å². The van der Waals surface area contributed by atoms with Gasteiger partial charge in [0.1, 0.15) is 16.7 Å². The molecule has 26 heavy (non-hydrogen) atoms. The maximum absolute atomic E-state index is 12.6. The van der Waals surface area contributed by atoms with E-state index in [9.17, 15) is 13.7 Å². The van der Waals surface area contributed by atoms with E-state index in [0.29, 0.717) is 17.2 Å². The molecule has 0 amide bonds. The third-order valence-corrected chi connectivity index (χ3v) is 5.65. The van der Waals surface area contributed by atoms with Crippen molar-refractivity contribution in [1.82, 2.24) is 0 Å². The van der Waals surface area contributed by atoms with Gasteiger partial charge < -0.3 is 4.74 Å². The lowest BCUT2D eigenvalue weighted by Crippen LogP contribution is -2.03. The Bertz CT molecular complexity index is 896. The third-order valence-electron chi connectivity index (χ3n) is 3.72. The van der Waals surface area contributed by atoms with Crippen LogP contribution in [0.3, 0.4) is 0 Å². The molecule has 0 unspecified atom stereocenters. The Kier molecular flexibility index (Phi) is 7.26. The molecule has 0 aliphatic carbocycles. The zero-order valence-corrected chi connectivity index (χ0v) is 16.1. The number of unbranched alkanes of at least 4 members (excludes halogenated alkanes) is 2. The summed E-state index contributed by atoms with van der Waals surface area (Å²) < 4.78 is 30.8. The highest BCUT2D eigenvalue weighted by Gasteiger charge is 2.20. The lowest BCUT2D eigenvalue weighted by molar-refractivity contribution is 0.306. The molecule has 2 aromatic carbocycles. The molecule has 4 nitrogen and oxygen atoms in total. The number of allylic oxidation sites excluding steroid dienone is 1. The molecule has 0 fully saturated rings. The van der Waals surface area contributed by atoms with Gasteiger partial charge in [0.25, 0.3) is 0 Å². The Morgan fingerprint density at radius 3 is 2.35 bits per heavy atom. The zero-order chi connectivity index (χ0) is 19.0. The first kappa shape index (κ1) is 20.0. The topological polar surface area (TPSA) is 67.2 Å². The van der Waals surface area contributed by atoms with Gasteiger partial charge >= 0.3 is 0 Å². The van der Waals surface area contributed by atoms with Crippen molar-refractivity contribution in [3.8, 4) is 11.8 Å². The highest BCUT2D eigenvalue weighted by atomic mass is 35.5. The summed E-state index contributed by atoms with van der Waals surface area (Å²) in [6.45, 7) is 2.78. The molecule has 0 heterocycles. The highest BCUT2D eigenvalue weighted by Crippen LogP contribution is 2.23. The second kappa shape index (κ2) is 9.42. The van der Waals surface area contributed by atoms with Crippen LogP contribution in [-0.2, 0) is 9.84 Å². The van der Waals surface area contributed by atoms with Gasteiger partial charge in [0.2, 0.25) is 9.84 Å². The second-order valence-corrected chi connectivity index (χ2v) is 8.06. The van der Waals surface area contributed by atoms with Crippen molar-refractivity contribution in [3.63, 3.8) is 0 Å². The Balaban J connectivity index is 2.18. The van der Waals surface area contributed by atoms with E-state index in [2.05, 4.69) is 6.92 Å². The van der Waals surface area contributed by atoms with Gasteiger partial charge in [-0.2, -0.15) is 5.26 Å². The van der Waals surface area contributed by atoms with E-state index in [1.807, 2.05) is 0 Å². The Morgan fingerprint density at radius 1 is 1.12 bits per heavy atom. The standard InChI is InChI=1S/C20H20ClNO3S/c1-2-3-4-13-25-18-9-5-16(6-10-18)14-20(15-22)26(23,24)19-11-7-17(21)8-12-19/h5-12,14H,2-4,13H2,1H3. The molecule has 0 N–H and O–H groups in total. The van der Waals surface area contributed by atoms with E-state index in [4.69, 9.17) is 16.3 Å². The molecule has 0 aliphatic heterocycles. The Labute approximate surface area is 159 Å². The quantitative estimate of drug-likeness (QED) is 0.457. The number of nitrogens with zero attached hydrogens (tertiary/aromatic N) is 1. The number of hydrogen-bond acceptors (Lipinski definition) is 4. The predicted octanol–water partition coefficient (Wildman–Crippen LogP) is 5.25. The van der Waals surface area contributed by atoms with Crippen molar-refractivity contribution in [2.45, 2.75) is 31.1 Å². The first-order chi connectivity index (χ1) is 12.5. The van der Waals surface area contributed by atoms with Gasteiger partial charge in [-0.05, 0) is 54.5 Å². The van der Waals surface area contributed by atoms with E-state index >= 15 is 0 Å². The van der Waals surface area contributed by atoms with E-state index in [1.54, 1.807) is 30.3 Å². The third kappa shape index (κ3) is 5.35. The van der Waals surface area contributed by atoms with Gasteiger partial charge in [0, 0.05) is 5.02 Å². The van der Waals surface area contributed by atoms with E-state index in [0.717, 1.165) is 25.0 Å². The Hall–Kier alpha value is -2.29. The molecule has 0 aromatic heterocycles. The molecular formula is C20H20ClNO3S. The SMILES string of the molecule is CCCCCOc1ccc(C=C(C#N)S(=O)(=O)c2ccc(Cl)cc2)cc1. The molecule has 0 saturated carbocycles. The molecule has 0 radical (unpaired) electrons. The predicted molar refractivity (Wildman–Crippen MR) is 104 cm³/mol. The Morgan fingerprint density at radius 2 is 1.77 bits per heavy atom. The lowest BCUT2D eigenvalue weighted by Gasteiger charge is -2.06. The van der Waals surface area contributed by atoms with Crippen LogP contribution in [0.1, 0.15) is 31.7 Å². The smallest absolute Gasteiger partial charge is 0.216 e. The summed E-state index contributed by atoms with van der Waals surface area (Å²) in [6, 6.07) is 14.5. The number of sulfone groups is 1. The number of nitriles is 1. The van der Waals surface area contributed by atoms with Crippen LogP contribution in [0.25, 0.3) is 6.08 Å². The second-order valence-electron chi connectivity index (χ2n) is 5.70. The number of hydrogen-bond donors (Lipinski definition) is 0. The van der Waals surface area contributed by atoms with Gasteiger partial charge in [-0.1, -0.05) is 43.5 Å². The number of halogens is 1. The zero-order valence-electron chi connectivity index (χ0n) is 14.5. The van der Waals surface area contributed by atoms with Crippen LogP contribution in [0.2, 0.25) is 5.02 Å². The summed E-state index contributed by atoms with van der Waals surface area (Å²) in [6.07, 6.45) is 4.60. The molecule has 0 atom stereocenters. The minimum absolute atomic E-state index is 0.0329. The molecule has 0 aliphatic rings. The molecule has 2 rings (SSSR count). The van der Waals surface area contributed by atoms with E-state index in [-0.39, 0.29) is 9.80 Å². The first-order valence-electron chi connectivity index (χ1n) is 8.32. The summed E-state index contributed by atoms with van der Waals surface area (Å²) >= 11 is 5.79. The molecule has 0 saturated heterocycles. The summed E-state index contributed by atoms with van der Waals surface area (Å²) in [5.41, 5.74) is 0.611. The fourth-order valence-electron chi connectivity index (χ4n) is 2.26. The highest BCUT2D eigenvalue weighted by molar-refractivity contribution is 7.95. The lowest BCUT2D eigenvalue weighted by atomic mass is 10.2. The van der Waals surface area contributed by atoms with Crippen LogP contribution in [0.5, 0.6) is 5.75 Å². The van der Waals surface area contributed by atoms with Crippen LogP contribution in [0.4, 0.5) is 0 Å². The monoisotopic (exact) mass is 389 g/mol. The van der Waals surface area contributed by atoms with Crippen LogP contribution < -0.4 is 4.74 Å². The normalized spacial score (nSPS) is 11.8. The summed E-state index contributed by atoms with van der Waals surface area (Å²) in [7, 11) is -3.89. The molecule has 0 bridgehead atoms. The maximum Gasteiger partial charge on any atom is 0.216 e. The first-order valence-corrected chi connectivity index (χ1v) is 10.2. The van der Waals surface area contributed by atoms with Crippen molar-refractivity contribution in [2.75, 3.05) is 6.61 Å². The average Bonchev–Trinajstić information content (AvgIpc) is 2.64. The van der Waals surface area contributed by atoms with Crippen molar-refractivity contribution >= 4 is 27.5 Å². The van der Waals surface area contributed by atoms with Crippen LogP contribution in [0.15, 0.2) is 58.3 Å². The van der Waals surface area contributed by atoms with Gasteiger partial charge in [-0.25, -0.2) is 8.42 Å². The summed E-state index contributed by atoms with van der Waals surface area (Å²) in [5, 5.41) is 9.74. The average molecular weight is 390 g/mol. The fourth-order valence-corrected chi connectivity index (χ4v) is 3.55. The van der Waals surface area contributed by atoms with E-state index in [1.165, 1.54) is 30.3 Å². The van der Waals surface area contributed by atoms with Gasteiger partial charge in [-0.3, -0.25) is 0 Å². The van der Waals surface area contributed by atoms with E-state index < -0.39 is 9.84 Å².